The molecule has 2 aliphatic carbocycles. The zero-order valence-corrected chi connectivity index (χ0v) is 12.1. The summed E-state index contributed by atoms with van der Waals surface area (Å²) in [5.41, 5.74) is 0. The van der Waals surface area contributed by atoms with Crippen molar-refractivity contribution in [1.82, 2.24) is 0 Å². The fraction of sp³-hybridized carbons (Fsp3) is 1.00. The molecule has 3 N–H and O–H groups in total. The van der Waals surface area contributed by atoms with Crippen LogP contribution in [0.15, 0.2) is 0 Å². The highest BCUT2D eigenvalue weighted by molar-refractivity contribution is 8.28. The summed E-state index contributed by atoms with van der Waals surface area (Å²) in [6, 6.07) is 0. The molecule has 2 saturated carbocycles. The Kier molecular flexibility index (Phi) is 5.14. The molecule has 2 fully saturated rings. The van der Waals surface area contributed by atoms with Gasteiger partial charge >= 0.3 is 0 Å². The first kappa shape index (κ1) is 14.1. The van der Waals surface area contributed by atoms with Crippen molar-refractivity contribution in [3.63, 3.8) is 0 Å². The quantitative estimate of drug-likeness (QED) is 0.682. The second-order valence-corrected chi connectivity index (χ2v) is 11.2. The first-order valence-electron chi connectivity index (χ1n) is 6.89. The van der Waals surface area contributed by atoms with Gasteiger partial charge in [-0.25, -0.2) is 0 Å². The highest BCUT2D eigenvalue weighted by Crippen LogP contribution is 2.46. The summed E-state index contributed by atoms with van der Waals surface area (Å²) in [4.78, 5) is 29.4. The van der Waals surface area contributed by atoms with Gasteiger partial charge in [0, 0.05) is 10.5 Å². The Morgan fingerprint density at radius 1 is 0.647 bits per heavy atom. The molecule has 3 nitrogen and oxygen atoms in total. The van der Waals surface area contributed by atoms with Gasteiger partial charge in [-0.2, -0.15) is 0 Å². The molecule has 0 radical (unpaired) electrons. The fourth-order valence-corrected chi connectivity index (χ4v) is 9.93. The molecule has 0 aliphatic heterocycles. The zero-order chi connectivity index (χ0) is 12.3. The Morgan fingerprint density at radius 2 is 1.00 bits per heavy atom. The van der Waals surface area contributed by atoms with Crippen molar-refractivity contribution >= 4 is 16.8 Å². The second kappa shape index (κ2) is 6.21. The molecule has 17 heavy (non-hydrogen) atoms. The van der Waals surface area contributed by atoms with E-state index in [4.69, 9.17) is 0 Å². The Bertz CT molecular complexity index is 273. The largest absolute Gasteiger partial charge is 0.329 e. The van der Waals surface area contributed by atoms with Gasteiger partial charge in [-0.3, -0.25) is 0 Å². The zero-order valence-electron chi connectivity index (χ0n) is 10.4. The van der Waals surface area contributed by atoms with E-state index in [9.17, 15) is 14.7 Å². The molecule has 5 heteroatoms. The summed E-state index contributed by atoms with van der Waals surface area (Å²) in [6.45, 7) is -3.64. The lowest BCUT2D eigenvalue weighted by Crippen LogP contribution is -2.30. The molecule has 0 bridgehead atoms. The topological polar surface area (TPSA) is 60.7 Å². The Balaban J connectivity index is 2.18. The molecule has 2 rings (SSSR count). The van der Waals surface area contributed by atoms with E-state index in [1.807, 2.05) is 0 Å². The van der Waals surface area contributed by atoms with Crippen LogP contribution in [0, 0.1) is 0 Å². The molecule has 0 heterocycles. The van der Waals surface area contributed by atoms with Crippen molar-refractivity contribution in [2.24, 2.45) is 0 Å². The average molecular weight is 280 g/mol. The highest BCUT2D eigenvalue weighted by Gasteiger charge is 2.31. The van der Waals surface area contributed by atoms with Crippen LogP contribution in [0.2, 0.25) is 0 Å². The van der Waals surface area contributed by atoms with Gasteiger partial charge < -0.3 is 14.7 Å². The van der Waals surface area contributed by atoms with Gasteiger partial charge in [0.25, 0.3) is 6.72 Å². The van der Waals surface area contributed by atoms with Crippen LogP contribution in [0.1, 0.15) is 64.2 Å². The minimum atomic E-state index is -3.64. The van der Waals surface area contributed by atoms with Gasteiger partial charge in [0.1, 0.15) is 0 Å². The molecule has 0 aromatic rings. The van der Waals surface area contributed by atoms with Crippen molar-refractivity contribution < 1.29 is 14.7 Å². The van der Waals surface area contributed by atoms with Crippen LogP contribution < -0.4 is 0 Å². The molecule has 2 aliphatic rings. The third kappa shape index (κ3) is 3.81. The number of rotatable bonds is 2. The molecule has 0 spiro atoms. The third-order valence-electron chi connectivity index (χ3n) is 4.07. The minimum Gasteiger partial charge on any atom is -0.329 e. The van der Waals surface area contributed by atoms with Gasteiger partial charge in [0.05, 0.1) is 0 Å². The summed E-state index contributed by atoms with van der Waals surface area (Å²) in [6.07, 6.45) is 11.7. The monoisotopic (exact) mass is 280 g/mol. The fourth-order valence-electron chi connectivity index (χ4n) is 3.29. The summed E-state index contributed by atoms with van der Waals surface area (Å²) in [7, 11) is -0.537. The van der Waals surface area contributed by atoms with Gasteiger partial charge in [-0.05, 0) is 25.7 Å². The van der Waals surface area contributed by atoms with Crippen LogP contribution >= 0.6 is 6.72 Å². The van der Waals surface area contributed by atoms with Gasteiger partial charge in [-0.1, -0.05) is 38.5 Å². The first-order valence-corrected chi connectivity index (χ1v) is 10.5. The van der Waals surface area contributed by atoms with E-state index >= 15 is 0 Å². The average Bonchev–Trinajstić information content (AvgIpc) is 2.30. The maximum absolute atomic E-state index is 9.82. The number of hydrogen-bond acceptors (Lipinski definition) is 0. The van der Waals surface area contributed by atoms with E-state index in [1.165, 1.54) is 38.5 Å². The minimum absolute atomic E-state index is 0.375. The molecule has 0 atom stereocenters. The maximum atomic E-state index is 9.82. The predicted octanol–water partition coefficient (Wildman–Crippen LogP) is 2.92. The van der Waals surface area contributed by atoms with E-state index in [1.54, 1.807) is 0 Å². The van der Waals surface area contributed by atoms with Crippen molar-refractivity contribution in [3.05, 3.63) is 0 Å². The summed E-state index contributed by atoms with van der Waals surface area (Å²) < 4.78 is 0. The van der Waals surface area contributed by atoms with Crippen LogP contribution in [0.3, 0.4) is 0 Å². The third-order valence-corrected chi connectivity index (χ3v) is 10.4. The Morgan fingerprint density at radius 3 is 1.29 bits per heavy atom. The molecule has 0 unspecified atom stereocenters. The van der Waals surface area contributed by atoms with Crippen LogP contribution in [-0.2, 0) is 10.1 Å². The van der Waals surface area contributed by atoms with Crippen LogP contribution in [0.25, 0.3) is 0 Å². The van der Waals surface area contributed by atoms with Crippen LogP contribution in [0.5, 0.6) is 0 Å². The molecule has 0 aromatic carbocycles. The summed E-state index contributed by atoms with van der Waals surface area (Å²) >= 11 is 0. The lowest BCUT2D eigenvalue weighted by molar-refractivity contribution is 0.361. The van der Waals surface area contributed by atoms with Gasteiger partial charge in [0.15, 0.2) is 0 Å². The van der Waals surface area contributed by atoms with Gasteiger partial charge in [0.2, 0.25) is 0 Å². The standard InChI is InChI=1S/C12H25O3PS/c13-16(14,15)17(11-7-3-1-4-8-11)12-9-5-2-6-10-12/h11-15H,1-10H2. The van der Waals surface area contributed by atoms with Crippen LogP contribution in [-0.4, -0.2) is 25.2 Å². The first-order chi connectivity index (χ1) is 8.09. The second-order valence-electron chi connectivity index (χ2n) is 5.38. The van der Waals surface area contributed by atoms with Crippen molar-refractivity contribution in [2.45, 2.75) is 74.7 Å². The van der Waals surface area contributed by atoms with Crippen molar-refractivity contribution in [1.29, 1.82) is 0 Å². The molecule has 0 amide bonds. The Labute approximate surface area is 106 Å². The van der Waals surface area contributed by atoms with Crippen LogP contribution in [0.4, 0.5) is 0 Å². The molecular weight excluding hydrogens is 255 g/mol. The highest BCUT2D eigenvalue weighted by atomic mass is 32.5. The van der Waals surface area contributed by atoms with Crippen molar-refractivity contribution in [2.75, 3.05) is 0 Å². The summed E-state index contributed by atoms with van der Waals surface area (Å²) in [5, 5.41) is 0.750. The Hall–Kier alpha value is 0.660. The molecule has 0 aromatic heterocycles. The van der Waals surface area contributed by atoms with E-state index in [-0.39, 0.29) is 0 Å². The van der Waals surface area contributed by atoms with Crippen molar-refractivity contribution in [3.8, 4) is 0 Å². The molecule has 102 valence electrons. The summed E-state index contributed by atoms with van der Waals surface area (Å²) in [5.74, 6) is 0. The lowest BCUT2D eigenvalue weighted by Gasteiger charge is -2.35. The van der Waals surface area contributed by atoms with E-state index in [0.717, 1.165) is 25.7 Å². The predicted molar refractivity (Wildman–Crippen MR) is 74.7 cm³/mol. The number of hydrogen-bond donors (Lipinski definition) is 3. The normalized spacial score (nSPS) is 25.4. The molecule has 0 saturated heterocycles. The van der Waals surface area contributed by atoms with E-state index in [0.29, 0.717) is 10.5 Å². The van der Waals surface area contributed by atoms with E-state index in [2.05, 4.69) is 0 Å². The molecular formula is C12H25O3PS. The lowest BCUT2D eigenvalue weighted by atomic mass is 10.00. The van der Waals surface area contributed by atoms with Gasteiger partial charge in [-0.15, -0.1) is 10.1 Å². The smallest absolute Gasteiger partial charge is 0.277 e. The SMILES string of the molecule is OP(O)(O)=S(C1CCCCC1)C1CCCCC1. The maximum Gasteiger partial charge on any atom is 0.277 e. The van der Waals surface area contributed by atoms with E-state index < -0.39 is 16.8 Å².